The molecule has 0 aliphatic carbocycles. The third-order valence-electron chi connectivity index (χ3n) is 7.32. The molecule has 1 aromatic carbocycles. The molecular formula is C32H55N3O8. The first-order valence-electron chi connectivity index (χ1n) is 15.1. The molecule has 246 valence electrons. The number of hydrogen-bond acceptors (Lipinski definition) is 8. The Hall–Kier alpha value is -3.05. The minimum Gasteiger partial charge on any atom is -0.493 e. The van der Waals surface area contributed by atoms with E-state index in [9.17, 15) is 19.5 Å². The van der Waals surface area contributed by atoms with Crippen LogP contribution in [0.15, 0.2) is 18.2 Å². The summed E-state index contributed by atoms with van der Waals surface area (Å²) in [6.07, 6.45) is -0.685. The number of carbonyl (C=O) groups is 3. The van der Waals surface area contributed by atoms with Gasteiger partial charge in [0.25, 0.3) is 0 Å². The van der Waals surface area contributed by atoms with Crippen LogP contribution in [0.3, 0.4) is 0 Å². The van der Waals surface area contributed by atoms with E-state index in [-0.39, 0.29) is 36.7 Å². The van der Waals surface area contributed by atoms with Crippen LogP contribution in [-0.2, 0) is 19.1 Å². The van der Waals surface area contributed by atoms with Crippen molar-refractivity contribution >= 4 is 17.9 Å². The summed E-state index contributed by atoms with van der Waals surface area (Å²) >= 11 is 0. The first-order valence-corrected chi connectivity index (χ1v) is 15.1. The minimum absolute atomic E-state index is 0.146. The summed E-state index contributed by atoms with van der Waals surface area (Å²) < 4.78 is 22.2. The number of benzene rings is 1. The third-order valence-corrected chi connectivity index (χ3v) is 7.32. The van der Waals surface area contributed by atoms with Crippen molar-refractivity contribution in [3.05, 3.63) is 23.8 Å². The van der Waals surface area contributed by atoms with Crippen molar-refractivity contribution in [1.82, 2.24) is 16.0 Å². The van der Waals surface area contributed by atoms with E-state index in [1.807, 2.05) is 0 Å². The number of alkyl carbamates (subject to hydrolysis) is 1. The lowest BCUT2D eigenvalue weighted by Gasteiger charge is -2.36. The van der Waals surface area contributed by atoms with Crippen LogP contribution in [0.5, 0.6) is 11.5 Å². The van der Waals surface area contributed by atoms with Gasteiger partial charge in [0.2, 0.25) is 11.8 Å². The van der Waals surface area contributed by atoms with Gasteiger partial charge >= 0.3 is 6.09 Å². The van der Waals surface area contributed by atoms with E-state index < -0.39 is 35.7 Å². The molecule has 11 heteroatoms. The van der Waals surface area contributed by atoms with Crippen LogP contribution in [0.4, 0.5) is 4.79 Å². The predicted molar refractivity (Wildman–Crippen MR) is 166 cm³/mol. The number of methoxy groups -OCH3 is 2. The van der Waals surface area contributed by atoms with Crippen LogP contribution in [0.1, 0.15) is 79.7 Å². The van der Waals surface area contributed by atoms with Crippen molar-refractivity contribution in [1.29, 1.82) is 0 Å². The maximum Gasteiger partial charge on any atom is 0.407 e. The average Bonchev–Trinajstić information content (AvgIpc) is 2.91. The molecule has 4 N–H and O–H groups in total. The Kier molecular flexibility index (Phi) is 16.4. The van der Waals surface area contributed by atoms with Gasteiger partial charge in [-0.15, -0.1) is 0 Å². The lowest BCUT2D eigenvalue weighted by atomic mass is 9.77. The van der Waals surface area contributed by atoms with E-state index in [4.69, 9.17) is 18.9 Å². The molecule has 0 heterocycles. The number of aliphatic hydroxyl groups excluding tert-OH is 1. The molecule has 1 aromatic rings. The van der Waals surface area contributed by atoms with Crippen molar-refractivity contribution in [2.24, 2.45) is 17.8 Å². The maximum atomic E-state index is 13.4. The Morgan fingerprint density at radius 2 is 1.60 bits per heavy atom. The summed E-state index contributed by atoms with van der Waals surface area (Å²) in [5.74, 6) is -0.546. The number of carbonyl (C=O) groups excluding carboxylic acids is 3. The van der Waals surface area contributed by atoms with Gasteiger partial charge in [-0.3, -0.25) is 9.59 Å². The van der Waals surface area contributed by atoms with E-state index in [0.29, 0.717) is 43.1 Å². The summed E-state index contributed by atoms with van der Waals surface area (Å²) in [5.41, 5.74) is -0.0813. The molecule has 0 aromatic heterocycles. The zero-order valence-electron chi connectivity index (χ0n) is 27.7. The highest BCUT2D eigenvalue weighted by Gasteiger charge is 2.38. The third kappa shape index (κ3) is 13.9. The van der Waals surface area contributed by atoms with Gasteiger partial charge < -0.3 is 40.0 Å². The molecule has 5 atom stereocenters. The number of nitrogens with one attached hydrogen (secondary N) is 3. The van der Waals surface area contributed by atoms with Crippen molar-refractivity contribution in [2.75, 3.05) is 40.5 Å². The van der Waals surface area contributed by atoms with E-state index in [2.05, 4.69) is 36.7 Å². The number of aliphatic hydroxyl groups is 1. The van der Waals surface area contributed by atoms with Crippen molar-refractivity contribution in [2.45, 2.75) is 91.9 Å². The number of rotatable bonds is 18. The van der Waals surface area contributed by atoms with Crippen molar-refractivity contribution in [3.8, 4) is 11.5 Å². The highest BCUT2D eigenvalue weighted by Crippen LogP contribution is 2.37. The topological polar surface area (TPSA) is 144 Å². The summed E-state index contributed by atoms with van der Waals surface area (Å²) in [4.78, 5) is 37.6. The summed E-state index contributed by atoms with van der Waals surface area (Å²) in [6, 6.07) is 4.60. The second-order valence-corrected chi connectivity index (χ2v) is 12.4. The summed E-state index contributed by atoms with van der Waals surface area (Å²) in [5, 5.41) is 20.4. The van der Waals surface area contributed by atoms with Crippen LogP contribution < -0.4 is 25.4 Å². The fourth-order valence-electron chi connectivity index (χ4n) is 4.59. The molecule has 3 amide bonds. The average molecular weight is 610 g/mol. The van der Waals surface area contributed by atoms with Crippen molar-refractivity contribution < 1.29 is 38.4 Å². The van der Waals surface area contributed by atoms with Crippen LogP contribution >= 0.6 is 0 Å². The quantitative estimate of drug-likeness (QED) is 0.183. The first-order chi connectivity index (χ1) is 20.1. The Labute approximate surface area is 257 Å². The number of ether oxygens (including phenoxy) is 4. The number of hydrogen-bond donors (Lipinski definition) is 4. The summed E-state index contributed by atoms with van der Waals surface area (Å²) in [7, 11) is 3.17. The molecule has 0 aliphatic heterocycles. The van der Waals surface area contributed by atoms with E-state index in [0.717, 1.165) is 0 Å². The van der Waals surface area contributed by atoms with Gasteiger partial charge in [0.15, 0.2) is 11.5 Å². The largest absolute Gasteiger partial charge is 0.493 e. The van der Waals surface area contributed by atoms with E-state index in [1.165, 1.54) is 6.92 Å². The monoisotopic (exact) mass is 609 g/mol. The van der Waals surface area contributed by atoms with E-state index >= 15 is 0 Å². The van der Waals surface area contributed by atoms with Gasteiger partial charge in [-0.1, -0.05) is 33.8 Å². The molecule has 0 fully saturated rings. The maximum absolute atomic E-state index is 13.4. The first kappa shape index (κ1) is 38.0. The number of amides is 3. The van der Waals surface area contributed by atoms with Crippen LogP contribution in [0.2, 0.25) is 0 Å². The molecular weight excluding hydrogens is 554 g/mol. The van der Waals surface area contributed by atoms with E-state index in [1.54, 1.807) is 60.1 Å². The SMILES string of the molecule is COCCCOc1cc(C([C@@H](C)C(=O)NCCNC(C)=O)[C@H](O)[C@H](C[C@H](C)C(C)C)NC(=O)OC(C)(C)C)ccc1OC. The Morgan fingerprint density at radius 3 is 2.16 bits per heavy atom. The molecule has 0 saturated carbocycles. The van der Waals surface area contributed by atoms with Gasteiger partial charge in [0.1, 0.15) is 5.60 Å². The zero-order chi connectivity index (χ0) is 32.7. The van der Waals surface area contributed by atoms with Gasteiger partial charge in [-0.05, 0) is 56.7 Å². The smallest absolute Gasteiger partial charge is 0.407 e. The van der Waals surface area contributed by atoms with Gasteiger partial charge in [-0.25, -0.2) is 4.79 Å². The molecule has 0 spiro atoms. The van der Waals surface area contributed by atoms with Gasteiger partial charge in [0.05, 0.1) is 25.9 Å². The van der Waals surface area contributed by atoms with Crippen molar-refractivity contribution in [3.63, 3.8) is 0 Å². The fourth-order valence-corrected chi connectivity index (χ4v) is 4.59. The van der Waals surface area contributed by atoms with Gasteiger partial charge in [0, 0.05) is 52.0 Å². The molecule has 0 aliphatic rings. The molecule has 11 nitrogen and oxygen atoms in total. The Balaban J connectivity index is 3.52. The molecule has 0 saturated heterocycles. The van der Waals surface area contributed by atoms with Crippen LogP contribution in [0.25, 0.3) is 0 Å². The minimum atomic E-state index is -1.17. The highest BCUT2D eigenvalue weighted by atomic mass is 16.6. The normalized spacial score (nSPS) is 15.1. The molecule has 0 radical (unpaired) electrons. The molecule has 43 heavy (non-hydrogen) atoms. The lowest BCUT2D eigenvalue weighted by molar-refractivity contribution is -0.126. The Bertz CT molecular complexity index is 1010. The van der Waals surface area contributed by atoms with Crippen LogP contribution in [-0.4, -0.2) is 81.3 Å². The second kappa shape index (κ2) is 18.6. The summed E-state index contributed by atoms with van der Waals surface area (Å²) in [6.45, 7) is 16.1. The lowest BCUT2D eigenvalue weighted by Crippen LogP contribution is -2.51. The van der Waals surface area contributed by atoms with Crippen LogP contribution in [0, 0.1) is 17.8 Å². The highest BCUT2D eigenvalue weighted by molar-refractivity contribution is 5.80. The molecule has 0 bridgehead atoms. The molecule has 1 rings (SSSR count). The van der Waals surface area contributed by atoms with Gasteiger partial charge in [-0.2, -0.15) is 0 Å². The predicted octanol–water partition coefficient (Wildman–Crippen LogP) is 4.02. The standard InChI is InChI=1S/C32H55N3O8/c1-20(2)21(3)18-25(35-31(39)43-32(6,7)8)29(37)28(22(4)30(38)34-15-14-33-23(5)36)24-12-13-26(41-10)27(19-24)42-17-11-16-40-9/h12-13,19-22,25,28-29,37H,11,14-18H2,1-10H3,(H,33,36)(H,34,38)(H,35,39)/t21-,22+,25-,28?,29+/m0/s1. The second-order valence-electron chi connectivity index (χ2n) is 12.4. The zero-order valence-corrected chi connectivity index (χ0v) is 27.7. The Morgan fingerprint density at radius 1 is 0.953 bits per heavy atom. The fraction of sp³-hybridized carbons (Fsp3) is 0.719. The molecule has 1 unspecified atom stereocenters.